The summed E-state index contributed by atoms with van der Waals surface area (Å²) >= 11 is 0. The van der Waals surface area contributed by atoms with Crippen molar-refractivity contribution in [3.05, 3.63) is 145 Å². The summed E-state index contributed by atoms with van der Waals surface area (Å²) in [5.74, 6) is 0. The standard InChI is InChI=1S/C19H16N.C15H10N.Ir/c1-14-7-6-8-15(2)19(14)17-11-12-18(20-13-17)16-9-4-3-5-10-16;1-2-6-13-11-14(9-8-12(13)5-1)15-7-3-4-10-16-15;/h3-9,11-13H,1-2H3;1-8,10-11H;/q2*-1;. The summed E-state index contributed by atoms with van der Waals surface area (Å²) in [5, 5.41) is 2.43. The van der Waals surface area contributed by atoms with Gasteiger partial charge in [-0.2, -0.15) is 0 Å². The third kappa shape index (κ3) is 6.27. The van der Waals surface area contributed by atoms with Gasteiger partial charge in [0.1, 0.15) is 0 Å². The van der Waals surface area contributed by atoms with Crippen molar-refractivity contribution in [3.63, 3.8) is 0 Å². The normalized spacial score (nSPS) is 10.2. The molecule has 0 fully saturated rings. The molecular formula is C34H26IrN2-2. The second kappa shape index (κ2) is 12.4. The Morgan fingerprint density at radius 2 is 1.32 bits per heavy atom. The van der Waals surface area contributed by atoms with Crippen LogP contribution in [0, 0.1) is 26.0 Å². The van der Waals surface area contributed by atoms with Crippen LogP contribution < -0.4 is 0 Å². The van der Waals surface area contributed by atoms with Gasteiger partial charge in [-0.3, -0.25) is 0 Å². The number of aromatic nitrogens is 2. The van der Waals surface area contributed by atoms with Crippen LogP contribution in [0.15, 0.2) is 122 Å². The van der Waals surface area contributed by atoms with E-state index in [1.54, 1.807) is 6.20 Å². The first-order valence-electron chi connectivity index (χ1n) is 12.0. The second-order valence-corrected chi connectivity index (χ2v) is 8.67. The molecule has 0 bridgehead atoms. The number of hydrogen-bond acceptors (Lipinski definition) is 2. The van der Waals surface area contributed by atoms with Gasteiger partial charge in [0.15, 0.2) is 0 Å². The molecule has 2 aromatic heterocycles. The van der Waals surface area contributed by atoms with Gasteiger partial charge in [-0.05, 0) is 53.6 Å². The monoisotopic (exact) mass is 655 g/mol. The van der Waals surface area contributed by atoms with Gasteiger partial charge in [0, 0.05) is 32.5 Å². The number of rotatable bonds is 3. The summed E-state index contributed by atoms with van der Waals surface area (Å²) in [5.41, 5.74) is 9.01. The van der Waals surface area contributed by atoms with Crippen LogP contribution in [0.2, 0.25) is 0 Å². The number of pyridine rings is 2. The molecule has 0 amide bonds. The molecule has 0 aliphatic heterocycles. The SMILES string of the molecule is Cc1cccc(C)c1-c1ccc(-c2[c-]cccc2)nc1.[Ir].[c-]1cc2ccccc2cc1-c1ccccn1. The predicted octanol–water partition coefficient (Wildman–Crippen LogP) is 8.53. The first kappa shape index (κ1) is 26.2. The van der Waals surface area contributed by atoms with Gasteiger partial charge in [-0.25, -0.2) is 0 Å². The average Bonchev–Trinajstić information content (AvgIpc) is 2.94. The van der Waals surface area contributed by atoms with Gasteiger partial charge in [0.05, 0.1) is 0 Å². The minimum Gasteiger partial charge on any atom is -0.305 e. The van der Waals surface area contributed by atoms with Gasteiger partial charge >= 0.3 is 0 Å². The van der Waals surface area contributed by atoms with Crippen LogP contribution in [0.1, 0.15) is 11.1 Å². The largest absolute Gasteiger partial charge is 0.305 e. The van der Waals surface area contributed by atoms with E-state index in [0.29, 0.717) is 0 Å². The van der Waals surface area contributed by atoms with Crippen molar-refractivity contribution in [2.45, 2.75) is 13.8 Å². The van der Waals surface area contributed by atoms with Crippen LogP contribution in [-0.2, 0) is 20.1 Å². The molecule has 0 saturated carbocycles. The Kier molecular flexibility index (Phi) is 8.74. The fourth-order valence-electron chi connectivity index (χ4n) is 4.32. The van der Waals surface area contributed by atoms with E-state index in [1.165, 1.54) is 33.0 Å². The number of hydrogen-bond donors (Lipinski definition) is 0. The molecule has 6 rings (SSSR count). The summed E-state index contributed by atoms with van der Waals surface area (Å²) in [6.07, 6.45) is 3.75. The van der Waals surface area contributed by atoms with Gasteiger partial charge < -0.3 is 9.97 Å². The van der Waals surface area contributed by atoms with Crippen molar-refractivity contribution >= 4 is 10.8 Å². The fraction of sp³-hybridized carbons (Fsp3) is 0.0588. The molecule has 0 N–H and O–H groups in total. The Balaban J connectivity index is 0.000000172. The number of fused-ring (bicyclic) bond motifs is 1. The molecule has 2 heterocycles. The molecule has 0 atom stereocenters. The zero-order valence-corrected chi connectivity index (χ0v) is 23.2. The van der Waals surface area contributed by atoms with Crippen LogP contribution in [0.25, 0.3) is 44.4 Å². The van der Waals surface area contributed by atoms with Gasteiger partial charge in [-0.15, -0.1) is 65.0 Å². The van der Waals surface area contributed by atoms with Crippen LogP contribution in [-0.4, -0.2) is 9.97 Å². The minimum atomic E-state index is 0. The molecule has 0 aliphatic carbocycles. The molecule has 1 radical (unpaired) electrons. The third-order valence-corrected chi connectivity index (χ3v) is 6.14. The van der Waals surface area contributed by atoms with Crippen LogP contribution in [0.4, 0.5) is 0 Å². The number of nitrogens with zero attached hydrogens (tertiary/aromatic N) is 2. The van der Waals surface area contributed by atoms with Gasteiger partial charge in [-0.1, -0.05) is 72.1 Å². The van der Waals surface area contributed by atoms with E-state index in [1.807, 2.05) is 66.9 Å². The Labute approximate surface area is 232 Å². The topological polar surface area (TPSA) is 25.8 Å². The van der Waals surface area contributed by atoms with E-state index in [0.717, 1.165) is 22.5 Å². The second-order valence-electron chi connectivity index (χ2n) is 8.67. The molecule has 3 heteroatoms. The van der Waals surface area contributed by atoms with Crippen molar-refractivity contribution < 1.29 is 20.1 Å². The maximum Gasteiger partial charge on any atom is 0.0239 e. The smallest absolute Gasteiger partial charge is 0.0239 e. The Morgan fingerprint density at radius 3 is 2.00 bits per heavy atom. The molecule has 0 unspecified atom stereocenters. The van der Waals surface area contributed by atoms with Gasteiger partial charge in [0.2, 0.25) is 0 Å². The molecule has 37 heavy (non-hydrogen) atoms. The molecular weight excluding hydrogens is 629 g/mol. The van der Waals surface area contributed by atoms with Crippen molar-refractivity contribution in [2.24, 2.45) is 0 Å². The van der Waals surface area contributed by atoms with Crippen molar-refractivity contribution in [2.75, 3.05) is 0 Å². The molecule has 183 valence electrons. The molecule has 2 nitrogen and oxygen atoms in total. The van der Waals surface area contributed by atoms with E-state index in [-0.39, 0.29) is 20.1 Å². The predicted molar refractivity (Wildman–Crippen MR) is 149 cm³/mol. The quantitative estimate of drug-likeness (QED) is 0.179. The Hall–Kier alpha value is -3.91. The summed E-state index contributed by atoms with van der Waals surface area (Å²) in [6, 6.07) is 43.3. The third-order valence-electron chi connectivity index (χ3n) is 6.14. The molecule has 6 aromatic rings. The molecule has 4 aromatic carbocycles. The fourth-order valence-corrected chi connectivity index (χ4v) is 4.32. The molecule has 0 aliphatic rings. The summed E-state index contributed by atoms with van der Waals surface area (Å²) in [6.45, 7) is 4.28. The summed E-state index contributed by atoms with van der Waals surface area (Å²) < 4.78 is 0. The van der Waals surface area contributed by atoms with E-state index >= 15 is 0 Å². The van der Waals surface area contributed by atoms with Crippen molar-refractivity contribution in [1.29, 1.82) is 0 Å². The van der Waals surface area contributed by atoms with E-state index in [2.05, 4.69) is 84.5 Å². The van der Waals surface area contributed by atoms with Crippen molar-refractivity contribution in [1.82, 2.24) is 9.97 Å². The summed E-state index contributed by atoms with van der Waals surface area (Å²) in [7, 11) is 0. The Bertz CT molecular complexity index is 1560. The van der Waals surface area contributed by atoms with E-state index < -0.39 is 0 Å². The van der Waals surface area contributed by atoms with Crippen molar-refractivity contribution in [3.8, 4) is 33.6 Å². The maximum absolute atomic E-state index is 4.58. The minimum absolute atomic E-state index is 0. The number of aryl methyl sites for hydroxylation is 2. The number of benzene rings is 4. The zero-order valence-electron chi connectivity index (χ0n) is 20.8. The zero-order chi connectivity index (χ0) is 24.7. The Morgan fingerprint density at radius 1 is 0.595 bits per heavy atom. The van der Waals surface area contributed by atoms with E-state index in [9.17, 15) is 0 Å². The van der Waals surface area contributed by atoms with Crippen LogP contribution in [0.3, 0.4) is 0 Å². The van der Waals surface area contributed by atoms with Crippen LogP contribution in [0.5, 0.6) is 0 Å². The van der Waals surface area contributed by atoms with Gasteiger partial charge in [0.25, 0.3) is 0 Å². The van der Waals surface area contributed by atoms with E-state index in [4.69, 9.17) is 0 Å². The molecule has 0 saturated heterocycles. The first-order chi connectivity index (χ1) is 17.7. The summed E-state index contributed by atoms with van der Waals surface area (Å²) in [4.78, 5) is 8.90. The molecule has 0 spiro atoms. The first-order valence-corrected chi connectivity index (χ1v) is 12.0. The van der Waals surface area contributed by atoms with Crippen LogP contribution >= 0.6 is 0 Å². The maximum atomic E-state index is 4.58. The average molecular weight is 655 g/mol.